The highest BCUT2D eigenvalue weighted by Crippen LogP contribution is 2.57. The van der Waals surface area contributed by atoms with E-state index in [4.69, 9.17) is 4.74 Å². The van der Waals surface area contributed by atoms with E-state index in [1.54, 1.807) is 6.08 Å². The Morgan fingerprint density at radius 2 is 1.92 bits per heavy atom. The highest BCUT2D eigenvalue weighted by molar-refractivity contribution is 6.91. The van der Waals surface area contributed by atoms with Crippen LogP contribution in [0.15, 0.2) is 42.0 Å². The summed E-state index contributed by atoms with van der Waals surface area (Å²) in [6.07, 6.45) is 5.95. The summed E-state index contributed by atoms with van der Waals surface area (Å²) in [5.41, 5.74) is 0.498. The van der Waals surface area contributed by atoms with Gasteiger partial charge in [0.05, 0.1) is 20.6 Å². The van der Waals surface area contributed by atoms with Gasteiger partial charge in [0, 0.05) is 6.42 Å². The predicted octanol–water partition coefficient (Wildman–Crippen LogP) is 3.60. The molecule has 1 aromatic rings. The molecule has 0 N–H and O–H groups in total. The van der Waals surface area contributed by atoms with Crippen molar-refractivity contribution in [3.63, 3.8) is 0 Å². The first-order chi connectivity index (χ1) is 11.4. The van der Waals surface area contributed by atoms with Crippen LogP contribution in [-0.4, -0.2) is 26.9 Å². The van der Waals surface area contributed by atoms with E-state index in [2.05, 4.69) is 37.4 Å². The third-order valence-corrected chi connectivity index (χ3v) is 10.4. The van der Waals surface area contributed by atoms with Crippen LogP contribution >= 0.6 is 0 Å². The fourth-order valence-electron chi connectivity index (χ4n) is 4.83. The van der Waals surface area contributed by atoms with Gasteiger partial charge in [-0.3, -0.25) is 9.59 Å². The van der Waals surface area contributed by atoms with Crippen LogP contribution < -0.4 is 5.19 Å². The molecule has 0 aromatic heterocycles. The number of fused-ring (bicyclic) bond motifs is 1. The third kappa shape index (κ3) is 2.57. The Morgan fingerprint density at radius 3 is 2.58 bits per heavy atom. The topological polar surface area (TPSA) is 43.4 Å². The second-order valence-electron chi connectivity index (χ2n) is 7.65. The van der Waals surface area contributed by atoms with Crippen molar-refractivity contribution in [2.45, 2.75) is 50.7 Å². The lowest BCUT2D eigenvalue weighted by molar-refractivity contribution is -0.152. The highest BCUT2D eigenvalue weighted by atomic mass is 28.3. The van der Waals surface area contributed by atoms with Crippen molar-refractivity contribution in [3.8, 4) is 0 Å². The van der Waals surface area contributed by atoms with Gasteiger partial charge in [-0.05, 0) is 36.5 Å². The largest absolute Gasteiger partial charge is 0.468 e. The summed E-state index contributed by atoms with van der Waals surface area (Å²) in [5.74, 6) is 0.0374. The molecule has 0 amide bonds. The average Bonchev–Trinajstić information content (AvgIpc) is 2.60. The molecule has 0 bridgehead atoms. The van der Waals surface area contributed by atoms with E-state index in [-0.39, 0.29) is 17.3 Å². The van der Waals surface area contributed by atoms with Gasteiger partial charge >= 0.3 is 5.97 Å². The molecular weight excluding hydrogens is 316 g/mol. The molecule has 3 nitrogen and oxygen atoms in total. The number of methoxy groups -OCH3 is 1. The summed E-state index contributed by atoms with van der Waals surface area (Å²) < 4.78 is 5.28. The van der Waals surface area contributed by atoms with Gasteiger partial charge in [0.1, 0.15) is 0 Å². The molecule has 0 saturated heterocycles. The zero-order chi connectivity index (χ0) is 17.4. The first-order valence-electron chi connectivity index (χ1n) is 8.80. The molecular formula is C20H26O3Si. The van der Waals surface area contributed by atoms with Gasteiger partial charge in [-0.15, -0.1) is 0 Å². The quantitative estimate of drug-likeness (QED) is 0.622. The summed E-state index contributed by atoms with van der Waals surface area (Å²) in [6.45, 7) is 4.59. The van der Waals surface area contributed by atoms with E-state index >= 15 is 0 Å². The molecule has 3 rings (SSSR count). The second kappa shape index (κ2) is 6.32. The van der Waals surface area contributed by atoms with Gasteiger partial charge in [0.25, 0.3) is 0 Å². The SMILES string of the molecule is COC(=O)[C@]12CCCCC1=CC(=O)C[C@@H]2[Si](C)(C)c1ccccc1. The Bertz CT molecular complexity index is 677. The minimum Gasteiger partial charge on any atom is -0.468 e. The van der Waals surface area contributed by atoms with Crippen LogP contribution in [0.5, 0.6) is 0 Å². The number of hydrogen-bond donors (Lipinski definition) is 0. The predicted molar refractivity (Wildman–Crippen MR) is 97.9 cm³/mol. The first kappa shape index (κ1) is 17.2. The van der Waals surface area contributed by atoms with Gasteiger partial charge in [-0.1, -0.05) is 55.0 Å². The monoisotopic (exact) mass is 342 g/mol. The molecule has 4 heteroatoms. The Labute approximate surface area is 145 Å². The summed E-state index contributed by atoms with van der Waals surface area (Å²) in [4.78, 5) is 25.4. The summed E-state index contributed by atoms with van der Waals surface area (Å²) in [6, 6.07) is 10.4. The minimum absolute atomic E-state index is 0.0626. The number of carbonyl (C=O) groups excluding carboxylic acids is 2. The minimum atomic E-state index is -2.04. The van der Waals surface area contributed by atoms with E-state index < -0.39 is 13.5 Å². The zero-order valence-corrected chi connectivity index (χ0v) is 15.8. The lowest BCUT2D eigenvalue weighted by Crippen LogP contribution is -2.57. The lowest BCUT2D eigenvalue weighted by Gasteiger charge is -2.50. The second-order valence-corrected chi connectivity index (χ2v) is 12.4. The van der Waals surface area contributed by atoms with Crippen LogP contribution in [0.2, 0.25) is 18.6 Å². The van der Waals surface area contributed by atoms with Crippen molar-refractivity contribution in [3.05, 3.63) is 42.0 Å². The maximum absolute atomic E-state index is 13.0. The molecule has 0 radical (unpaired) electrons. The molecule has 0 aliphatic heterocycles. The van der Waals surface area contributed by atoms with Crippen LogP contribution in [0.25, 0.3) is 0 Å². The van der Waals surface area contributed by atoms with Gasteiger partial charge in [-0.25, -0.2) is 0 Å². The van der Waals surface area contributed by atoms with Crippen LogP contribution in [0, 0.1) is 5.41 Å². The molecule has 0 heterocycles. The smallest absolute Gasteiger partial charge is 0.315 e. The number of ether oxygens (including phenoxy) is 1. The summed E-state index contributed by atoms with van der Waals surface area (Å²) in [5, 5.41) is 1.30. The zero-order valence-electron chi connectivity index (χ0n) is 14.8. The van der Waals surface area contributed by atoms with Crippen molar-refractivity contribution in [1.29, 1.82) is 0 Å². The molecule has 0 unspecified atom stereocenters. The number of esters is 1. The Balaban J connectivity index is 2.15. The van der Waals surface area contributed by atoms with E-state index in [0.717, 1.165) is 31.3 Å². The van der Waals surface area contributed by atoms with Crippen molar-refractivity contribution in [2.24, 2.45) is 5.41 Å². The van der Waals surface area contributed by atoms with Crippen LogP contribution in [0.4, 0.5) is 0 Å². The summed E-state index contributed by atoms with van der Waals surface area (Å²) in [7, 11) is -0.562. The fraction of sp³-hybridized carbons (Fsp3) is 0.500. The normalized spacial score (nSPS) is 27.2. The van der Waals surface area contributed by atoms with Crippen molar-refractivity contribution in [1.82, 2.24) is 0 Å². The van der Waals surface area contributed by atoms with Crippen molar-refractivity contribution in [2.75, 3.05) is 7.11 Å². The van der Waals surface area contributed by atoms with Gasteiger partial charge < -0.3 is 4.74 Å². The lowest BCUT2D eigenvalue weighted by atomic mass is 9.64. The van der Waals surface area contributed by atoms with Crippen LogP contribution in [0.1, 0.15) is 32.1 Å². The van der Waals surface area contributed by atoms with Gasteiger partial charge in [0.15, 0.2) is 5.78 Å². The van der Waals surface area contributed by atoms with Crippen LogP contribution in [0.3, 0.4) is 0 Å². The fourth-order valence-corrected chi connectivity index (χ4v) is 8.67. The Morgan fingerprint density at radius 1 is 1.21 bits per heavy atom. The van der Waals surface area contributed by atoms with E-state index in [0.29, 0.717) is 6.42 Å². The molecule has 2 aliphatic carbocycles. The molecule has 24 heavy (non-hydrogen) atoms. The first-order valence-corrected chi connectivity index (χ1v) is 11.9. The Hall–Kier alpha value is -1.68. The number of rotatable bonds is 3. The van der Waals surface area contributed by atoms with E-state index in [1.165, 1.54) is 12.3 Å². The third-order valence-electron chi connectivity index (χ3n) is 6.11. The van der Waals surface area contributed by atoms with Gasteiger partial charge in [0.2, 0.25) is 0 Å². The Kier molecular flexibility index (Phi) is 4.52. The van der Waals surface area contributed by atoms with Crippen molar-refractivity contribution >= 4 is 25.0 Å². The highest BCUT2D eigenvalue weighted by Gasteiger charge is 2.58. The maximum Gasteiger partial charge on any atom is 0.315 e. The maximum atomic E-state index is 13.0. The molecule has 2 aliphatic rings. The molecule has 1 saturated carbocycles. The van der Waals surface area contributed by atoms with Crippen molar-refractivity contribution < 1.29 is 14.3 Å². The average molecular weight is 343 g/mol. The van der Waals surface area contributed by atoms with E-state index in [1.807, 2.05) is 6.07 Å². The number of hydrogen-bond acceptors (Lipinski definition) is 3. The standard InChI is InChI=1S/C20H26O3Si/c1-23-19(22)20-12-8-7-9-15(20)13-16(21)14-18(20)24(2,3)17-10-5-4-6-11-17/h4-6,10-11,13,18H,7-9,12,14H2,1-3H3/t18-,20+/m0/s1. The molecule has 1 aromatic carbocycles. The molecule has 2 atom stereocenters. The van der Waals surface area contributed by atoms with Gasteiger partial charge in [-0.2, -0.15) is 0 Å². The number of benzene rings is 1. The molecule has 128 valence electrons. The van der Waals surface area contributed by atoms with Crippen LogP contribution in [-0.2, 0) is 14.3 Å². The number of ketones is 1. The summed E-state index contributed by atoms with van der Waals surface area (Å²) >= 11 is 0. The number of carbonyl (C=O) groups is 2. The molecule has 1 fully saturated rings. The number of allylic oxidation sites excluding steroid dienone is 1. The van der Waals surface area contributed by atoms with E-state index in [9.17, 15) is 9.59 Å². The molecule has 0 spiro atoms.